The fourth-order valence-corrected chi connectivity index (χ4v) is 2.23. The zero-order valence-corrected chi connectivity index (χ0v) is 14.1. The summed E-state index contributed by atoms with van der Waals surface area (Å²) in [5, 5.41) is 2.82. The van der Waals surface area contributed by atoms with E-state index in [-0.39, 0.29) is 24.2 Å². The largest absolute Gasteiger partial charge is 0.494 e. The van der Waals surface area contributed by atoms with Crippen LogP contribution in [-0.2, 0) is 17.8 Å². The van der Waals surface area contributed by atoms with Gasteiger partial charge in [-0.25, -0.2) is 4.39 Å². The van der Waals surface area contributed by atoms with Gasteiger partial charge in [-0.1, -0.05) is 18.2 Å². The predicted molar refractivity (Wildman–Crippen MR) is 90.7 cm³/mol. The van der Waals surface area contributed by atoms with Crippen molar-refractivity contribution in [2.75, 3.05) is 7.11 Å². The van der Waals surface area contributed by atoms with Crippen LogP contribution >= 0.6 is 0 Å². The van der Waals surface area contributed by atoms with Crippen LogP contribution in [-0.4, -0.2) is 19.1 Å². The molecule has 0 spiro atoms. The summed E-state index contributed by atoms with van der Waals surface area (Å²) in [5.41, 5.74) is 1.58. The quantitative estimate of drug-likeness (QED) is 0.845. The Balaban J connectivity index is 1.85. The van der Waals surface area contributed by atoms with E-state index >= 15 is 0 Å². The molecule has 0 fully saturated rings. The Labute approximate surface area is 141 Å². The van der Waals surface area contributed by atoms with Gasteiger partial charge in [0, 0.05) is 6.54 Å². The predicted octanol–water partition coefficient (Wildman–Crippen LogP) is 3.48. The van der Waals surface area contributed by atoms with Gasteiger partial charge in [0.25, 0.3) is 0 Å². The highest BCUT2D eigenvalue weighted by molar-refractivity contribution is 5.78. The number of rotatable bonds is 7. The molecule has 0 atom stereocenters. The standard InChI is InChI=1S/C19H22FNO3/c1-13(2)24-16-7-4-14(5-8-16)12-21-19(22)11-15-6-9-18(23-3)17(20)10-15/h4-10,13H,11-12H2,1-3H3,(H,21,22). The Hall–Kier alpha value is -2.56. The van der Waals surface area contributed by atoms with Gasteiger partial charge in [0.2, 0.25) is 5.91 Å². The first-order valence-corrected chi connectivity index (χ1v) is 7.82. The van der Waals surface area contributed by atoms with Crippen LogP contribution in [0.5, 0.6) is 11.5 Å². The number of amides is 1. The second-order valence-corrected chi connectivity index (χ2v) is 5.73. The molecular formula is C19H22FNO3. The van der Waals surface area contributed by atoms with Crippen LogP contribution in [0.15, 0.2) is 42.5 Å². The van der Waals surface area contributed by atoms with E-state index in [9.17, 15) is 9.18 Å². The van der Waals surface area contributed by atoms with Crippen molar-refractivity contribution < 1.29 is 18.7 Å². The molecule has 0 aromatic heterocycles. The minimum Gasteiger partial charge on any atom is -0.494 e. The van der Waals surface area contributed by atoms with Gasteiger partial charge in [0.15, 0.2) is 11.6 Å². The van der Waals surface area contributed by atoms with Crippen molar-refractivity contribution in [3.8, 4) is 11.5 Å². The van der Waals surface area contributed by atoms with E-state index in [0.29, 0.717) is 12.1 Å². The van der Waals surface area contributed by atoms with E-state index in [0.717, 1.165) is 11.3 Å². The zero-order valence-electron chi connectivity index (χ0n) is 14.1. The molecule has 0 aliphatic rings. The van der Waals surface area contributed by atoms with E-state index in [1.165, 1.54) is 19.2 Å². The maximum atomic E-state index is 13.6. The Bertz CT molecular complexity index is 684. The lowest BCUT2D eigenvalue weighted by Crippen LogP contribution is -2.24. The van der Waals surface area contributed by atoms with Crippen LogP contribution < -0.4 is 14.8 Å². The maximum Gasteiger partial charge on any atom is 0.224 e. The molecule has 5 heteroatoms. The SMILES string of the molecule is COc1ccc(CC(=O)NCc2ccc(OC(C)C)cc2)cc1F. The molecule has 1 N–H and O–H groups in total. The van der Waals surface area contributed by atoms with Crippen molar-refractivity contribution in [3.63, 3.8) is 0 Å². The normalized spacial score (nSPS) is 10.5. The van der Waals surface area contributed by atoms with Gasteiger partial charge in [-0.15, -0.1) is 0 Å². The van der Waals surface area contributed by atoms with Crippen molar-refractivity contribution in [3.05, 3.63) is 59.4 Å². The highest BCUT2D eigenvalue weighted by atomic mass is 19.1. The van der Waals surface area contributed by atoms with E-state index in [1.807, 2.05) is 38.1 Å². The van der Waals surface area contributed by atoms with E-state index in [1.54, 1.807) is 6.07 Å². The number of ether oxygens (including phenoxy) is 2. The number of hydrogen-bond donors (Lipinski definition) is 1. The molecule has 2 aromatic rings. The lowest BCUT2D eigenvalue weighted by Gasteiger charge is -2.10. The van der Waals surface area contributed by atoms with Gasteiger partial charge < -0.3 is 14.8 Å². The lowest BCUT2D eigenvalue weighted by molar-refractivity contribution is -0.120. The molecule has 0 saturated heterocycles. The minimum atomic E-state index is -0.469. The minimum absolute atomic E-state index is 0.120. The van der Waals surface area contributed by atoms with Gasteiger partial charge >= 0.3 is 0 Å². The molecule has 0 aliphatic carbocycles. The number of halogens is 1. The smallest absolute Gasteiger partial charge is 0.224 e. The highest BCUT2D eigenvalue weighted by Gasteiger charge is 2.08. The first-order chi connectivity index (χ1) is 11.5. The molecule has 0 radical (unpaired) electrons. The van der Waals surface area contributed by atoms with E-state index in [2.05, 4.69) is 5.32 Å². The Morgan fingerprint density at radius 1 is 1.12 bits per heavy atom. The van der Waals surface area contributed by atoms with Crippen LogP contribution in [0.3, 0.4) is 0 Å². The van der Waals surface area contributed by atoms with Crippen LogP contribution in [0, 0.1) is 5.82 Å². The van der Waals surface area contributed by atoms with Crippen LogP contribution in [0.2, 0.25) is 0 Å². The molecule has 4 nitrogen and oxygen atoms in total. The third-order valence-corrected chi connectivity index (χ3v) is 3.37. The van der Waals surface area contributed by atoms with E-state index < -0.39 is 5.82 Å². The third-order valence-electron chi connectivity index (χ3n) is 3.37. The molecule has 1 amide bonds. The lowest BCUT2D eigenvalue weighted by atomic mass is 10.1. The number of benzene rings is 2. The van der Waals surface area contributed by atoms with Crippen LogP contribution in [0.1, 0.15) is 25.0 Å². The van der Waals surface area contributed by atoms with Gasteiger partial charge in [-0.3, -0.25) is 4.79 Å². The summed E-state index contributed by atoms with van der Waals surface area (Å²) in [4.78, 5) is 12.0. The molecule has 2 aromatic carbocycles. The number of carbonyl (C=O) groups excluding carboxylic acids is 1. The van der Waals surface area contributed by atoms with Crippen LogP contribution in [0.4, 0.5) is 4.39 Å². The number of hydrogen-bond acceptors (Lipinski definition) is 3. The average Bonchev–Trinajstić information content (AvgIpc) is 2.54. The summed E-state index contributed by atoms with van der Waals surface area (Å²) in [6.07, 6.45) is 0.246. The van der Waals surface area contributed by atoms with Gasteiger partial charge in [0.1, 0.15) is 5.75 Å². The molecule has 0 bridgehead atoms. The summed E-state index contributed by atoms with van der Waals surface area (Å²) in [6.45, 7) is 4.35. The first-order valence-electron chi connectivity index (χ1n) is 7.82. The monoisotopic (exact) mass is 331 g/mol. The molecule has 0 unspecified atom stereocenters. The second kappa shape index (κ2) is 8.34. The number of methoxy groups -OCH3 is 1. The number of carbonyl (C=O) groups is 1. The molecular weight excluding hydrogens is 309 g/mol. The summed E-state index contributed by atoms with van der Waals surface area (Å²) in [5.74, 6) is 0.335. The summed E-state index contributed by atoms with van der Waals surface area (Å²) < 4.78 is 24.0. The first kappa shape index (κ1) is 17.8. The second-order valence-electron chi connectivity index (χ2n) is 5.73. The van der Waals surface area contributed by atoms with Gasteiger partial charge in [-0.05, 0) is 49.2 Å². The van der Waals surface area contributed by atoms with Crippen molar-refractivity contribution in [2.24, 2.45) is 0 Å². The zero-order chi connectivity index (χ0) is 17.5. The van der Waals surface area contributed by atoms with Gasteiger partial charge in [-0.2, -0.15) is 0 Å². The van der Waals surface area contributed by atoms with Crippen molar-refractivity contribution in [1.29, 1.82) is 0 Å². The maximum absolute atomic E-state index is 13.6. The third kappa shape index (κ3) is 5.26. The van der Waals surface area contributed by atoms with E-state index in [4.69, 9.17) is 9.47 Å². The van der Waals surface area contributed by atoms with Crippen molar-refractivity contribution in [1.82, 2.24) is 5.32 Å². The topological polar surface area (TPSA) is 47.6 Å². The molecule has 24 heavy (non-hydrogen) atoms. The van der Waals surface area contributed by atoms with Crippen LogP contribution in [0.25, 0.3) is 0 Å². The summed E-state index contributed by atoms with van der Waals surface area (Å²) in [7, 11) is 1.41. The fourth-order valence-electron chi connectivity index (χ4n) is 2.23. The molecule has 2 rings (SSSR count). The number of nitrogens with one attached hydrogen (secondary N) is 1. The Morgan fingerprint density at radius 3 is 2.38 bits per heavy atom. The summed E-state index contributed by atoms with van der Waals surface area (Å²) in [6, 6.07) is 12.1. The summed E-state index contributed by atoms with van der Waals surface area (Å²) >= 11 is 0. The molecule has 0 saturated carbocycles. The Morgan fingerprint density at radius 2 is 1.79 bits per heavy atom. The van der Waals surface area contributed by atoms with Crippen molar-refractivity contribution in [2.45, 2.75) is 32.9 Å². The fraction of sp³-hybridized carbons (Fsp3) is 0.316. The molecule has 128 valence electrons. The highest BCUT2D eigenvalue weighted by Crippen LogP contribution is 2.18. The Kier molecular flexibility index (Phi) is 6.18. The molecule has 0 heterocycles. The average molecular weight is 331 g/mol. The molecule has 0 aliphatic heterocycles. The van der Waals surface area contributed by atoms with Crippen molar-refractivity contribution >= 4 is 5.91 Å². The van der Waals surface area contributed by atoms with Gasteiger partial charge in [0.05, 0.1) is 19.6 Å².